The molecule has 0 aliphatic carbocycles. The first-order valence-electron chi connectivity index (χ1n) is 6.13. The molecule has 1 rings (SSSR count). The zero-order valence-corrected chi connectivity index (χ0v) is 10.4. The lowest BCUT2D eigenvalue weighted by Crippen LogP contribution is -2.11. The Morgan fingerprint density at radius 1 is 1.35 bits per heavy atom. The lowest BCUT2D eigenvalue weighted by molar-refractivity contribution is 0.302. The highest BCUT2D eigenvalue weighted by atomic mass is 16.5. The van der Waals surface area contributed by atoms with Crippen molar-refractivity contribution in [3.05, 3.63) is 29.8 Å². The van der Waals surface area contributed by atoms with Gasteiger partial charge in [-0.05, 0) is 25.3 Å². The molecule has 0 bridgehead atoms. The van der Waals surface area contributed by atoms with Gasteiger partial charge in [0.05, 0.1) is 12.7 Å². The van der Waals surface area contributed by atoms with Crippen LogP contribution in [0.25, 0.3) is 0 Å². The molecule has 1 atom stereocenters. The maximum atomic E-state index is 8.42. The largest absolute Gasteiger partial charge is 0.493 e. The van der Waals surface area contributed by atoms with Gasteiger partial charge < -0.3 is 10.5 Å². The van der Waals surface area contributed by atoms with Crippen molar-refractivity contribution >= 4 is 0 Å². The zero-order valence-electron chi connectivity index (χ0n) is 10.4. The Hall–Kier alpha value is -1.53. The predicted molar refractivity (Wildman–Crippen MR) is 68.6 cm³/mol. The highest BCUT2D eigenvalue weighted by Crippen LogP contribution is 2.25. The van der Waals surface area contributed by atoms with Gasteiger partial charge in [0, 0.05) is 18.0 Å². The van der Waals surface area contributed by atoms with Crippen LogP contribution in [-0.2, 0) is 0 Å². The quantitative estimate of drug-likeness (QED) is 0.734. The Morgan fingerprint density at radius 3 is 2.82 bits per heavy atom. The molecule has 0 unspecified atom stereocenters. The van der Waals surface area contributed by atoms with Gasteiger partial charge in [0.1, 0.15) is 5.75 Å². The van der Waals surface area contributed by atoms with Crippen LogP contribution >= 0.6 is 0 Å². The number of benzene rings is 1. The van der Waals surface area contributed by atoms with Crippen LogP contribution in [0, 0.1) is 11.3 Å². The number of unbranched alkanes of at least 4 members (excludes halogenated alkanes) is 2. The molecule has 0 aliphatic rings. The minimum Gasteiger partial charge on any atom is -0.493 e. The average molecular weight is 232 g/mol. The molecule has 0 heterocycles. The lowest BCUT2D eigenvalue weighted by atomic mass is 10.0. The van der Waals surface area contributed by atoms with Gasteiger partial charge in [0.2, 0.25) is 0 Å². The number of ether oxygens (including phenoxy) is 1. The summed E-state index contributed by atoms with van der Waals surface area (Å²) in [6.07, 6.45) is 3.29. The first kappa shape index (κ1) is 13.5. The van der Waals surface area contributed by atoms with Crippen LogP contribution in [0.15, 0.2) is 24.3 Å². The van der Waals surface area contributed by atoms with Crippen molar-refractivity contribution in [2.24, 2.45) is 5.73 Å². The SMILES string of the molecule is CC[C@H](N)c1ccccc1OCCCCC#N. The molecule has 0 saturated carbocycles. The van der Waals surface area contributed by atoms with Crippen molar-refractivity contribution in [1.29, 1.82) is 5.26 Å². The van der Waals surface area contributed by atoms with E-state index in [1.54, 1.807) is 0 Å². The fourth-order valence-electron chi connectivity index (χ4n) is 1.63. The van der Waals surface area contributed by atoms with Crippen LogP contribution in [0.4, 0.5) is 0 Å². The first-order chi connectivity index (χ1) is 8.29. The number of hydrogen-bond acceptors (Lipinski definition) is 3. The highest BCUT2D eigenvalue weighted by Gasteiger charge is 2.09. The van der Waals surface area contributed by atoms with Gasteiger partial charge in [-0.3, -0.25) is 0 Å². The minimum atomic E-state index is 0.0327. The Bertz CT molecular complexity index is 371. The second-order valence-corrected chi connectivity index (χ2v) is 4.02. The van der Waals surface area contributed by atoms with E-state index in [0.717, 1.165) is 30.6 Å². The number of nitrogens with two attached hydrogens (primary N) is 1. The summed E-state index contributed by atoms with van der Waals surface area (Å²) >= 11 is 0. The Balaban J connectivity index is 2.50. The van der Waals surface area contributed by atoms with Crippen LogP contribution in [-0.4, -0.2) is 6.61 Å². The maximum absolute atomic E-state index is 8.42. The smallest absolute Gasteiger partial charge is 0.124 e. The fourth-order valence-corrected chi connectivity index (χ4v) is 1.63. The zero-order chi connectivity index (χ0) is 12.5. The van der Waals surface area contributed by atoms with Crippen LogP contribution in [0.1, 0.15) is 44.2 Å². The van der Waals surface area contributed by atoms with Gasteiger partial charge in [0.15, 0.2) is 0 Å². The molecular weight excluding hydrogens is 212 g/mol. The summed E-state index contributed by atoms with van der Waals surface area (Å²) in [4.78, 5) is 0. The molecule has 0 radical (unpaired) electrons. The van der Waals surface area contributed by atoms with Crippen molar-refractivity contribution < 1.29 is 4.74 Å². The summed E-state index contributed by atoms with van der Waals surface area (Å²) in [5.74, 6) is 0.874. The normalized spacial score (nSPS) is 11.8. The van der Waals surface area contributed by atoms with E-state index in [-0.39, 0.29) is 6.04 Å². The van der Waals surface area contributed by atoms with E-state index in [2.05, 4.69) is 13.0 Å². The van der Waals surface area contributed by atoms with Gasteiger partial charge in [-0.15, -0.1) is 0 Å². The third kappa shape index (κ3) is 4.46. The summed E-state index contributed by atoms with van der Waals surface area (Å²) in [5.41, 5.74) is 7.09. The summed E-state index contributed by atoms with van der Waals surface area (Å²) in [6, 6.07) is 10.1. The van der Waals surface area contributed by atoms with Crippen LogP contribution in [0.3, 0.4) is 0 Å². The third-order valence-corrected chi connectivity index (χ3v) is 2.70. The van der Waals surface area contributed by atoms with Gasteiger partial charge in [-0.25, -0.2) is 0 Å². The second-order valence-electron chi connectivity index (χ2n) is 4.02. The van der Waals surface area contributed by atoms with E-state index in [4.69, 9.17) is 15.7 Å². The summed E-state index contributed by atoms with van der Waals surface area (Å²) in [5, 5.41) is 8.42. The number of para-hydroxylation sites is 1. The van der Waals surface area contributed by atoms with Gasteiger partial charge in [-0.2, -0.15) is 5.26 Å². The van der Waals surface area contributed by atoms with E-state index < -0.39 is 0 Å². The Morgan fingerprint density at radius 2 is 2.12 bits per heavy atom. The maximum Gasteiger partial charge on any atom is 0.124 e. The Kier molecular flexibility index (Phi) is 6.13. The monoisotopic (exact) mass is 232 g/mol. The molecule has 1 aromatic rings. The summed E-state index contributed by atoms with van der Waals surface area (Å²) in [7, 11) is 0. The van der Waals surface area contributed by atoms with Crippen molar-refractivity contribution in [2.75, 3.05) is 6.61 Å². The number of hydrogen-bond donors (Lipinski definition) is 1. The molecule has 92 valence electrons. The van der Waals surface area contributed by atoms with Crippen LogP contribution in [0.2, 0.25) is 0 Å². The van der Waals surface area contributed by atoms with Crippen LogP contribution in [0.5, 0.6) is 5.75 Å². The fraction of sp³-hybridized carbons (Fsp3) is 0.500. The van der Waals surface area contributed by atoms with Gasteiger partial charge in [0.25, 0.3) is 0 Å². The first-order valence-corrected chi connectivity index (χ1v) is 6.13. The molecule has 1 aromatic carbocycles. The average Bonchev–Trinajstić information content (AvgIpc) is 2.38. The molecule has 3 nitrogen and oxygen atoms in total. The molecular formula is C14H20N2O. The number of nitriles is 1. The molecule has 0 amide bonds. The van der Waals surface area contributed by atoms with E-state index in [1.165, 1.54) is 0 Å². The number of rotatable bonds is 7. The van der Waals surface area contributed by atoms with E-state index in [9.17, 15) is 0 Å². The van der Waals surface area contributed by atoms with E-state index >= 15 is 0 Å². The van der Waals surface area contributed by atoms with Crippen molar-refractivity contribution in [3.63, 3.8) is 0 Å². The van der Waals surface area contributed by atoms with Crippen molar-refractivity contribution in [3.8, 4) is 11.8 Å². The standard InChI is InChI=1S/C14H20N2O/c1-2-13(16)12-8-4-5-9-14(12)17-11-7-3-6-10-15/h4-5,8-9,13H,2-3,6-7,11,16H2,1H3/t13-/m0/s1. The molecule has 2 N–H and O–H groups in total. The topological polar surface area (TPSA) is 59.0 Å². The molecule has 0 aliphatic heterocycles. The molecule has 17 heavy (non-hydrogen) atoms. The lowest BCUT2D eigenvalue weighted by Gasteiger charge is -2.15. The molecule has 0 fully saturated rings. The number of nitrogens with zero attached hydrogens (tertiary/aromatic N) is 1. The van der Waals surface area contributed by atoms with Crippen LogP contribution < -0.4 is 10.5 Å². The van der Waals surface area contributed by atoms with Crippen molar-refractivity contribution in [2.45, 2.75) is 38.6 Å². The van der Waals surface area contributed by atoms with Gasteiger partial charge in [-0.1, -0.05) is 25.1 Å². The Labute approximate surface area is 103 Å². The summed E-state index contributed by atoms with van der Waals surface area (Å²) in [6.45, 7) is 2.71. The molecule has 0 saturated heterocycles. The third-order valence-electron chi connectivity index (χ3n) is 2.70. The van der Waals surface area contributed by atoms with E-state index in [0.29, 0.717) is 13.0 Å². The predicted octanol–water partition coefficient (Wildman–Crippen LogP) is 3.17. The minimum absolute atomic E-state index is 0.0327. The highest BCUT2D eigenvalue weighted by molar-refractivity contribution is 5.35. The molecule has 3 heteroatoms. The van der Waals surface area contributed by atoms with Crippen molar-refractivity contribution in [1.82, 2.24) is 0 Å². The second kappa shape index (κ2) is 7.70. The summed E-state index contributed by atoms with van der Waals surface area (Å²) < 4.78 is 5.72. The van der Waals surface area contributed by atoms with E-state index in [1.807, 2.05) is 24.3 Å². The van der Waals surface area contributed by atoms with Gasteiger partial charge >= 0.3 is 0 Å². The molecule has 0 aromatic heterocycles. The molecule has 0 spiro atoms.